The van der Waals surface area contributed by atoms with Crippen molar-refractivity contribution >= 4 is 23.7 Å². The maximum Gasteiger partial charge on any atom is 0.394 e. The van der Waals surface area contributed by atoms with Crippen LogP contribution in [0, 0.1) is 5.92 Å². The number of anilines is 1. The van der Waals surface area contributed by atoms with Gasteiger partial charge in [0.15, 0.2) is 6.04 Å². The van der Waals surface area contributed by atoms with Crippen LogP contribution in [0.2, 0.25) is 0 Å². The van der Waals surface area contributed by atoms with Crippen LogP contribution in [0.15, 0.2) is 42.6 Å². The van der Waals surface area contributed by atoms with Crippen molar-refractivity contribution in [2.24, 2.45) is 5.92 Å². The fraction of sp³-hybridized carbons (Fsp3) is 0.333. The normalized spacial score (nSPS) is 19.1. The number of nitrogens with two attached hydrogens (primary N) is 1. The van der Waals surface area contributed by atoms with Gasteiger partial charge in [0.1, 0.15) is 11.6 Å². The number of aliphatic carboxylic acids is 1. The fourth-order valence-electron chi connectivity index (χ4n) is 3.52. The van der Waals surface area contributed by atoms with Crippen LogP contribution in [0.4, 0.5) is 19.4 Å². The highest BCUT2D eigenvalue weighted by Gasteiger charge is 2.54. The van der Waals surface area contributed by atoms with E-state index in [1.54, 1.807) is 19.1 Å². The van der Waals surface area contributed by atoms with Crippen LogP contribution in [0.5, 0.6) is 5.75 Å². The Balaban J connectivity index is 1.70. The molecule has 0 bridgehead atoms. The molecule has 0 saturated carbocycles. The van der Waals surface area contributed by atoms with E-state index in [1.807, 2.05) is 0 Å². The predicted molar refractivity (Wildman–Crippen MR) is 109 cm³/mol. The summed E-state index contributed by atoms with van der Waals surface area (Å²) in [6.07, 6.45) is -1.84. The number of hydrogen-bond donors (Lipinski definition) is 3. The quantitative estimate of drug-likeness (QED) is 0.554. The number of alkyl halides is 2. The summed E-state index contributed by atoms with van der Waals surface area (Å²) in [4.78, 5) is 41.5. The fourth-order valence-corrected chi connectivity index (χ4v) is 3.52. The second-order valence-corrected chi connectivity index (χ2v) is 7.54. The van der Waals surface area contributed by atoms with E-state index in [4.69, 9.17) is 5.73 Å². The summed E-state index contributed by atoms with van der Waals surface area (Å²) in [5.41, 5.74) is 6.67. The first-order chi connectivity index (χ1) is 15.0. The highest BCUT2D eigenvalue weighted by Crippen LogP contribution is 2.31. The third-order valence-electron chi connectivity index (χ3n) is 4.98. The molecule has 3 amide bonds. The monoisotopic (exact) mass is 448 g/mol. The Morgan fingerprint density at radius 1 is 1.34 bits per heavy atom. The van der Waals surface area contributed by atoms with Gasteiger partial charge in [-0.25, -0.2) is 19.5 Å². The Kier molecular flexibility index (Phi) is 6.28. The zero-order valence-corrected chi connectivity index (χ0v) is 17.3. The van der Waals surface area contributed by atoms with Gasteiger partial charge in [0.05, 0.1) is 12.0 Å². The number of β-lactam (4-membered cyclic amide) rings is 1. The molecule has 2 heterocycles. The summed E-state index contributed by atoms with van der Waals surface area (Å²) in [6.45, 7) is 2.17. The molecule has 1 aromatic heterocycles. The van der Waals surface area contributed by atoms with Crippen molar-refractivity contribution in [3.05, 3.63) is 53.7 Å². The average molecular weight is 448 g/mol. The van der Waals surface area contributed by atoms with Crippen molar-refractivity contribution in [2.45, 2.75) is 38.5 Å². The molecular weight excluding hydrogens is 426 g/mol. The number of rotatable bonds is 7. The van der Waals surface area contributed by atoms with E-state index in [9.17, 15) is 28.3 Å². The third kappa shape index (κ3) is 5.10. The average Bonchev–Trinajstić information content (AvgIpc) is 2.68. The lowest BCUT2D eigenvalue weighted by molar-refractivity contribution is -0.165. The molecule has 11 heteroatoms. The van der Waals surface area contributed by atoms with Gasteiger partial charge < -0.3 is 20.9 Å². The number of imide groups is 1. The second kappa shape index (κ2) is 8.77. The van der Waals surface area contributed by atoms with Crippen molar-refractivity contribution in [2.75, 3.05) is 5.73 Å². The number of hydrogen-bond acceptors (Lipinski definition) is 6. The lowest BCUT2D eigenvalue weighted by Crippen LogP contribution is -2.68. The Labute approximate surface area is 182 Å². The maximum atomic E-state index is 13.1. The summed E-state index contributed by atoms with van der Waals surface area (Å²) in [5, 5.41) is 12.1. The van der Waals surface area contributed by atoms with Gasteiger partial charge in [-0.15, -0.1) is 0 Å². The van der Waals surface area contributed by atoms with Gasteiger partial charge in [0, 0.05) is 13.1 Å². The Hall–Kier alpha value is -3.76. The number of urea groups is 1. The molecule has 0 unspecified atom stereocenters. The van der Waals surface area contributed by atoms with Crippen molar-refractivity contribution in [3.8, 4) is 5.75 Å². The molecule has 3 atom stereocenters. The highest BCUT2D eigenvalue weighted by atomic mass is 19.3. The molecule has 0 spiro atoms. The van der Waals surface area contributed by atoms with Crippen LogP contribution in [-0.4, -0.2) is 45.0 Å². The Bertz CT molecular complexity index is 1040. The minimum absolute atomic E-state index is 0.0897. The van der Waals surface area contributed by atoms with Crippen molar-refractivity contribution in [1.82, 2.24) is 15.2 Å². The summed E-state index contributed by atoms with van der Waals surface area (Å²) in [5.74, 6) is -2.76. The van der Waals surface area contributed by atoms with Crippen LogP contribution < -0.4 is 15.8 Å². The van der Waals surface area contributed by atoms with Crippen LogP contribution in [0.1, 0.15) is 31.0 Å². The zero-order chi connectivity index (χ0) is 23.6. The number of amides is 3. The van der Waals surface area contributed by atoms with E-state index in [0.29, 0.717) is 23.0 Å². The summed E-state index contributed by atoms with van der Waals surface area (Å²) in [6, 6.07) is 5.91. The molecule has 9 nitrogen and oxygen atoms in total. The number of carbonyl (C=O) groups is 3. The summed E-state index contributed by atoms with van der Waals surface area (Å²) < 4.78 is 30.7. The number of benzene rings is 1. The number of carbonyl (C=O) groups excluding carboxylic acids is 2. The van der Waals surface area contributed by atoms with E-state index < -0.39 is 42.0 Å². The van der Waals surface area contributed by atoms with E-state index >= 15 is 0 Å². The SMILES string of the molecule is C[C@@H](NC(=O)N1C(=O)[C@H](Cc2ccnc(N)c2)[C@H]1C(=O)O)c1cccc(OC(C)(F)F)c1. The molecular formula is C21H22F2N4O5. The number of likely N-dealkylation sites (tertiary alicyclic amines) is 1. The molecule has 170 valence electrons. The first kappa shape index (κ1) is 22.9. The lowest BCUT2D eigenvalue weighted by Gasteiger charge is -2.43. The molecule has 1 aromatic carbocycles. The van der Waals surface area contributed by atoms with Crippen molar-refractivity contribution in [1.29, 1.82) is 0 Å². The van der Waals surface area contributed by atoms with Crippen molar-refractivity contribution < 1.29 is 33.0 Å². The minimum Gasteiger partial charge on any atom is -0.480 e. The smallest absolute Gasteiger partial charge is 0.394 e. The number of halogens is 2. The van der Waals surface area contributed by atoms with Gasteiger partial charge in [-0.3, -0.25) is 4.79 Å². The first-order valence-corrected chi connectivity index (χ1v) is 9.70. The standard InChI is InChI=1S/C21H22F2N4O5/c1-11(13-4-3-5-14(10-13)32-21(2,22)23)26-20(31)27-17(19(29)30)15(18(27)28)8-12-6-7-25-16(24)9-12/h3-7,9-11,15,17H,8H2,1-2H3,(H2,24,25)(H,26,31)(H,29,30)/t11-,15-,17+/m1/s1. The Morgan fingerprint density at radius 2 is 2.06 bits per heavy atom. The number of nitrogens with zero attached hydrogens (tertiary/aromatic N) is 2. The van der Waals surface area contributed by atoms with E-state index in [2.05, 4.69) is 15.0 Å². The first-order valence-electron chi connectivity index (χ1n) is 9.70. The van der Waals surface area contributed by atoms with Crippen molar-refractivity contribution in [3.63, 3.8) is 0 Å². The molecule has 0 aliphatic carbocycles. The molecule has 1 aliphatic heterocycles. The number of aromatic nitrogens is 1. The van der Waals surface area contributed by atoms with Gasteiger partial charge >= 0.3 is 18.1 Å². The molecule has 2 aromatic rings. The summed E-state index contributed by atoms with van der Waals surface area (Å²) in [7, 11) is 0. The molecule has 3 rings (SSSR count). The maximum absolute atomic E-state index is 13.1. The van der Waals surface area contributed by atoms with Crippen LogP contribution in [0.25, 0.3) is 0 Å². The molecule has 4 N–H and O–H groups in total. The molecule has 0 radical (unpaired) electrons. The molecule has 1 fully saturated rings. The van der Waals surface area contributed by atoms with E-state index in [0.717, 1.165) is 0 Å². The number of nitrogens with one attached hydrogen (secondary N) is 1. The lowest BCUT2D eigenvalue weighted by atomic mass is 9.82. The van der Waals surface area contributed by atoms with Crippen LogP contribution in [0.3, 0.4) is 0 Å². The second-order valence-electron chi connectivity index (χ2n) is 7.54. The number of carboxylic acid groups (broad SMARTS) is 1. The van der Waals surface area contributed by atoms with Gasteiger partial charge in [-0.05, 0) is 48.7 Å². The predicted octanol–water partition coefficient (Wildman–Crippen LogP) is 2.58. The molecule has 1 saturated heterocycles. The topological polar surface area (TPSA) is 135 Å². The highest BCUT2D eigenvalue weighted by molar-refractivity contribution is 6.07. The summed E-state index contributed by atoms with van der Waals surface area (Å²) >= 11 is 0. The molecule has 1 aliphatic rings. The van der Waals surface area contributed by atoms with Gasteiger partial charge in [0.2, 0.25) is 5.91 Å². The minimum atomic E-state index is -3.38. The van der Waals surface area contributed by atoms with Crippen LogP contribution in [-0.2, 0) is 16.0 Å². The number of ether oxygens (including phenoxy) is 1. The van der Waals surface area contributed by atoms with Crippen LogP contribution >= 0.6 is 0 Å². The zero-order valence-electron chi connectivity index (χ0n) is 17.3. The van der Waals surface area contributed by atoms with E-state index in [-0.39, 0.29) is 18.0 Å². The van der Waals surface area contributed by atoms with Gasteiger partial charge in [-0.2, -0.15) is 8.78 Å². The third-order valence-corrected chi connectivity index (χ3v) is 4.98. The number of nitrogen functional groups attached to an aromatic ring is 1. The largest absolute Gasteiger partial charge is 0.480 e. The van der Waals surface area contributed by atoms with Gasteiger partial charge in [0.25, 0.3) is 0 Å². The van der Waals surface area contributed by atoms with Gasteiger partial charge in [-0.1, -0.05) is 12.1 Å². The number of pyridine rings is 1. The Morgan fingerprint density at radius 3 is 2.69 bits per heavy atom. The van der Waals surface area contributed by atoms with E-state index in [1.165, 1.54) is 30.5 Å². The number of carboxylic acids is 1. The molecule has 32 heavy (non-hydrogen) atoms.